The Kier molecular flexibility index (Phi) is 2.08. The maximum atomic E-state index is 12.3. The van der Waals surface area contributed by atoms with Crippen molar-refractivity contribution in [3.8, 4) is 0 Å². The predicted octanol–water partition coefficient (Wildman–Crippen LogP) is 1.27. The van der Waals surface area contributed by atoms with Gasteiger partial charge in [-0.1, -0.05) is 0 Å². The molecule has 96 valence electrons. The summed E-state index contributed by atoms with van der Waals surface area (Å²) in [6.07, 6.45) is 5.57. The lowest BCUT2D eigenvalue weighted by atomic mass is 10.0. The largest absolute Gasteiger partial charge is 0.346 e. The third-order valence-electron chi connectivity index (χ3n) is 5.24. The number of carbonyl (C=O) groups is 1. The monoisotopic (exact) mass is 246 g/mol. The number of carbonyl (C=O) groups excluding carboxylic acids is 1. The highest BCUT2D eigenvalue weighted by Gasteiger charge is 2.67. The van der Waals surface area contributed by atoms with Crippen molar-refractivity contribution >= 4 is 5.91 Å². The van der Waals surface area contributed by atoms with Gasteiger partial charge in [-0.15, -0.1) is 0 Å². The SMILES string of the molecule is CC(NC(=O)C1C2C3CCC(C3)C12)c1ncn[nH]1. The van der Waals surface area contributed by atoms with Crippen molar-refractivity contribution in [2.24, 2.45) is 29.6 Å². The number of aromatic nitrogens is 3. The lowest BCUT2D eigenvalue weighted by Gasteiger charge is -2.13. The Morgan fingerprint density at radius 3 is 2.78 bits per heavy atom. The first-order valence-corrected chi connectivity index (χ1v) is 6.91. The summed E-state index contributed by atoms with van der Waals surface area (Å²) in [5, 5.41) is 9.69. The molecular formula is C13H18N4O. The highest BCUT2D eigenvalue weighted by Crippen LogP contribution is 2.69. The molecule has 4 rings (SSSR count). The maximum absolute atomic E-state index is 12.3. The van der Waals surface area contributed by atoms with Gasteiger partial charge in [-0.05, 0) is 49.9 Å². The zero-order valence-electron chi connectivity index (χ0n) is 10.5. The van der Waals surface area contributed by atoms with Gasteiger partial charge in [0.15, 0.2) is 0 Å². The van der Waals surface area contributed by atoms with Crippen LogP contribution < -0.4 is 5.32 Å². The summed E-state index contributed by atoms with van der Waals surface area (Å²) in [5.41, 5.74) is 0. The molecule has 0 saturated heterocycles. The van der Waals surface area contributed by atoms with Crippen LogP contribution in [0.1, 0.15) is 38.1 Å². The fourth-order valence-corrected chi connectivity index (χ4v) is 4.48. The van der Waals surface area contributed by atoms with Gasteiger partial charge in [-0.3, -0.25) is 9.89 Å². The lowest BCUT2D eigenvalue weighted by Crippen LogP contribution is -2.30. The summed E-state index contributed by atoms with van der Waals surface area (Å²) >= 11 is 0. The summed E-state index contributed by atoms with van der Waals surface area (Å²) in [4.78, 5) is 16.4. The topological polar surface area (TPSA) is 70.7 Å². The van der Waals surface area contributed by atoms with Crippen molar-refractivity contribution in [3.63, 3.8) is 0 Å². The van der Waals surface area contributed by atoms with Crippen LogP contribution in [0.25, 0.3) is 0 Å². The van der Waals surface area contributed by atoms with Crippen LogP contribution in [0.2, 0.25) is 0 Å². The minimum atomic E-state index is -0.0704. The number of nitrogens with one attached hydrogen (secondary N) is 2. The fraction of sp³-hybridized carbons (Fsp3) is 0.769. The molecule has 3 fully saturated rings. The highest BCUT2D eigenvalue weighted by atomic mass is 16.2. The molecule has 5 unspecified atom stereocenters. The van der Waals surface area contributed by atoms with Crippen molar-refractivity contribution in [3.05, 3.63) is 12.2 Å². The maximum Gasteiger partial charge on any atom is 0.224 e. The minimum Gasteiger partial charge on any atom is -0.346 e. The van der Waals surface area contributed by atoms with Gasteiger partial charge in [-0.25, -0.2) is 4.98 Å². The van der Waals surface area contributed by atoms with E-state index in [4.69, 9.17) is 0 Å². The van der Waals surface area contributed by atoms with Crippen LogP contribution in [0.3, 0.4) is 0 Å². The van der Waals surface area contributed by atoms with Gasteiger partial charge in [-0.2, -0.15) is 5.10 Å². The van der Waals surface area contributed by atoms with Crippen LogP contribution in [0.15, 0.2) is 6.33 Å². The Balaban J connectivity index is 1.41. The number of aromatic amines is 1. The van der Waals surface area contributed by atoms with Gasteiger partial charge in [0.05, 0.1) is 6.04 Å². The van der Waals surface area contributed by atoms with Gasteiger partial charge >= 0.3 is 0 Å². The van der Waals surface area contributed by atoms with Crippen LogP contribution >= 0.6 is 0 Å². The lowest BCUT2D eigenvalue weighted by molar-refractivity contribution is -0.124. The van der Waals surface area contributed by atoms with Crippen molar-refractivity contribution in [1.29, 1.82) is 0 Å². The molecule has 5 heteroatoms. The zero-order chi connectivity index (χ0) is 12.3. The number of fused-ring (bicyclic) bond motifs is 5. The van der Waals surface area contributed by atoms with Crippen LogP contribution in [-0.4, -0.2) is 21.1 Å². The molecule has 2 N–H and O–H groups in total. The van der Waals surface area contributed by atoms with E-state index in [0.29, 0.717) is 17.8 Å². The van der Waals surface area contributed by atoms with E-state index in [9.17, 15) is 4.79 Å². The second-order valence-corrected chi connectivity index (χ2v) is 6.11. The molecule has 0 radical (unpaired) electrons. The van der Waals surface area contributed by atoms with Gasteiger partial charge in [0.25, 0.3) is 0 Å². The Morgan fingerprint density at radius 2 is 2.17 bits per heavy atom. The highest BCUT2D eigenvalue weighted by molar-refractivity contribution is 5.83. The molecule has 2 bridgehead atoms. The summed E-state index contributed by atoms with van der Waals surface area (Å²) in [6, 6.07) is -0.0704. The molecule has 0 spiro atoms. The van der Waals surface area contributed by atoms with Crippen LogP contribution in [0.5, 0.6) is 0 Å². The number of H-pyrrole nitrogens is 1. The van der Waals surface area contributed by atoms with E-state index >= 15 is 0 Å². The molecule has 5 nitrogen and oxygen atoms in total. The number of hydrogen-bond acceptors (Lipinski definition) is 3. The van der Waals surface area contributed by atoms with Crippen molar-refractivity contribution in [2.45, 2.75) is 32.2 Å². The van der Waals surface area contributed by atoms with Crippen LogP contribution in [-0.2, 0) is 4.79 Å². The van der Waals surface area contributed by atoms with Gasteiger partial charge in [0, 0.05) is 5.92 Å². The molecule has 3 aliphatic rings. The standard InChI is InChI=1S/C13H18N4O/c1-6(12-14-5-15-17-12)16-13(18)11-9-7-2-3-8(4-7)10(9)11/h5-11H,2-4H2,1H3,(H,16,18)(H,14,15,17). The number of amides is 1. The Labute approximate surface area is 106 Å². The first-order chi connectivity index (χ1) is 8.75. The third kappa shape index (κ3) is 1.36. The number of nitrogens with zero attached hydrogens (tertiary/aromatic N) is 2. The van der Waals surface area contributed by atoms with E-state index in [1.807, 2.05) is 6.92 Å². The normalized spacial score (nSPS) is 41.5. The molecule has 5 atom stereocenters. The second kappa shape index (κ2) is 3.56. The first-order valence-electron chi connectivity index (χ1n) is 6.91. The first kappa shape index (κ1) is 10.5. The summed E-state index contributed by atoms with van der Waals surface area (Å²) in [6.45, 7) is 1.95. The zero-order valence-corrected chi connectivity index (χ0v) is 10.5. The van der Waals surface area contributed by atoms with E-state index < -0.39 is 0 Å². The minimum absolute atomic E-state index is 0.0704. The molecule has 0 aliphatic heterocycles. The average Bonchev–Trinajstić information content (AvgIpc) is 2.82. The summed E-state index contributed by atoms with van der Waals surface area (Å²) < 4.78 is 0. The molecule has 3 aliphatic carbocycles. The quantitative estimate of drug-likeness (QED) is 0.843. The van der Waals surface area contributed by atoms with Crippen molar-refractivity contribution in [2.75, 3.05) is 0 Å². The molecular weight excluding hydrogens is 228 g/mol. The molecule has 3 saturated carbocycles. The molecule has 1 amide bonds. The molecule has 1 aromatic heterocycles. The summed E-state index contributed by atoms with van der Waals surface area (Å²) in [7, 11) is 0. The second-order valence-electron chi connectivity index (χ2n) is 6.11. The Morgan fingerprint density at radius 1 is 1.44 bits per heavy atom. The van der Waals surface area contributed by atoms with E-state index in [2.05, 4.69) is 20.5 Å². The molecule has 1 aromatic rings. The molecule has 18 heavy (non-hydrogen) atoms. The molecule has 0 aromatic carbocycles. The fourth-order valence-electron chi connectivity index (χ4n) is 4.48. The van der Waals surface area contributed by atoms with E-state index in [0.717, 1.165) is 17.7 Å². The van der Waals surface area contributed by atoms with Gasteiger partial charge < -0.3 is 5.32 Å². The Bertz CT molecular complexity index is 455. The number of rotatable bonds is 3. The smallest absolute Gasteiger partial charge is 0.224 e. The Hall–Kier alpha value is -1.39. The average molecular weight is 246 g/mol. The van der Waals surface area contributed by atoms with Crippen molar-refractivity contribution < 1.29 is 4.79 Å². The van der Waals surface area contributed by atoms with E-state index in [1.165, 1.54) is 25.6 Å². The predicted molar refractivity (Wildman–Crippen MR) is 64.2 cm³/mol. The van der Waals surface area contributed by atoms with E-state index in [1.54, 1.807) is 0 Å². The van der Waals surface area contributed by atoms with Crippen molar-refractivity contribution in [1.82, 2.24) is 20.5 Å². The molecule has 1 heterocycles. The number of hydrogen-bond donors (Lipinski definition) is 2. The third-order valence-corrected chi connectivity index (χ3v) is 5.24. The van der Waals surface area contributed by atoms with Gasteiger partial charge in [0.1, 0.15) is 12.2 Å². The van der Waals surface area contributed by atoms with Crippen LogP contribution in [0.4, 0.5) is 0 Å². The van der Waals surface area contributed by atoms with Gasteiger partial charge in [0.2, 0.25) is 5.91 Å². The van der Waals surface area contributed by atoms with E-state index in [-0.39, 0.29) is 11.9 Å². The van der Waals surface area contributed by atoms with Crippen LogP contribution in [0, 0.1) is 29.6 Å². The summed E-state index contributed by atoms with van der Waals surface area (Å²) in [5.74, 6) is 4.34.